The number of hydrogen-bond acceptors (Lipinski definition) is 1. The normalized spacial score (nSPS) is 11.7. The average Bonchev–Trinajstić information content (AvgIpc) is 2.10. The molecule has 0 radical (unpaired) electrons. The van der Waals surface area contributed by atoms with Gasteiger partial charge < -0.3 is 5.11 Å². The van der Waals surface area contributed by atoms with E-state index < -0.39 is 5.97 Å². The van der Waals surface area contributed by atoms with Gasteiger partial charge in [-0.2, -0.15) is 0 Å². The smallest absolute Gasteiger partial charge is 0.331 e. The molecule has 0 unspecified atom stereocenters. The lowest BCUT2D eigenvalue weighted by atomic mass is 10.1. The van der Waals surface area contributed by atoms with Crippen LogP contribution in [-0.4, -0.2) is 11.1 Å². The van der Waals surface area contributed by atoms with Crippen molar-refractivity contribution >= 4 is 5.97 Å². The van der Waals surface area contributed by atoms with E-state index in [0.29, 0.717) is 5.57 Å². The van der Waals surface area contributed by atoms with Gasteiger partial charge in [0.25, 0.3) is 0 Å². The topological polar surface area (TPSA) is 37.3 Å². The third kappa shape index (κ3) is 6.38. The van der Waals surface area contributed by atoms with Crippen molar-refractivity contribution in [2.75, 3.05) is 0 Å². The lowest BCUT2D eigenvalue weighted by molar-refractivity contribution is -0.132. The Hall–Kier alpha value is -0.790. The fourth-order valence-corrected chi connectivity index (χ4v) is 1.14. The summed E-state index contributed by atoms with van der Waals surface area (Å²) in [7, 11) is 0. The maximum absolute atomic E-state index is 10.7. The lowest BCUT2D eigenvalue weighted by Gasteiger charge is -2.00. The molecular formula is C11H20O2. The second-order valence-electron chi connectivity index (χ2n) is 3.28. The minimum atomic E-state index is -0.746. The highest BCUT2D eigenvalue weighted by Gasteiger charge is 2.04. The quantitative estimate of drug-likeness (QED) is 0.486. The first kappa shape index (κ1) is 12.2. The Morgan fingerprint density at radius 3 is 2.31 bits per heavy atom. The zero-order valence-electron chi connectivity index (χ0n) is 8.68. The fraction of sp³-hybridized carbons (Fsp3) is 0.727. The predicted octanol–water partition coefficient (Wildman–Crippen LogP) is 3.38. The Labute approximate surface area is 80.7 Å². The third-order valence-electron chi connectivity index (χ3n) is 2.02. The van der Waals surface area contributed by atoms with E-state index in [1.165, 1.54) is 0 Å². The molecule has 0 aliphatic heterocycles. The van der Waals surface area contributed by atoms with E-state index in [9.17, 15) is 4.79 Å². The van der Waals surface area contributed by atoms with Crippen molar-refractivity contribution in [1.29, 1.82) is 0 Å². The van der Waals surface area contributed by atoms with Crippen LogP contribution in [0.3, 0.4) is 0 Å². The number of unbranched alkanes of at least 4 members (excludes halogenated alkanes) is 3. The number of carboxylic acids is 1. The van der Waals surface area contributed by atoms with Crippen molar-refractivity contribution < 1.29 is 9.90 Å². The summed E-state index contributed by atoms with van der Waals surface area (Å²) < 4.78 is 0. The van der Waals surface area contributed by atoms with E-state index in [2.05, 4.69) is 13.8 Å². The largest absolute Gasteiger partial charge is 0.478 e. The van der Waals surface area contributed by atoms with Gasteiger partial charge in [-0.05, 0) is 19.3 Å². The Bertz CT molecular complexity index is 171. The molecule has 0 saturated carbocycles. The summed E-state index contributed by atoms with van der Waals surface area (Å²) in [4.78, 5) is 10.7. The molecule has 0 rings (SSSR count). The Morgan fingerprint density at radius 1 is 1.23 bits per heavy atom. The van der Waals surface area contributed by atoms with Gasteiger partial charge in [0.05, 0.1) is 0 Å². The molecule has 0 atom stereocenters. The Balaban J connectivity index is 3.92. The van der Waals surface area contributed by atoms with Crippen molar-refractivity contribution in [3.8, 4) is 0 Å². The van der Waals surface area contributed by atoms with E-state index in [1.54, 1.807) is 0 Å². The summed E-state index contributed by atoms with van der Waals surface area (Å²) in [5.74, 6) is -0.746. The number of hydrogen-bond donors (Lipinski definition) is 1. The molecule has 0 heterocycles. The van der Waals surface area contributed by atoms with E-state index in [0.717, 1.165) is 38.5 Å². The Morgan fingerprint density at radius 2 is 1.85 bits per heavy atom. The molecule has 0 spiro atoms. The van der Waals surface area contributed by atoms with Crippen LogP contribution in [0.5, 0.6) is 0 Å². The molecule has 0 aliphatic carbocycles. The highest BCUT2D eigenvalue weighted by Crippen LogP contribution is 2.09. The molecule has 0 saturated heterocycles. The van der Waals surface area contributed by atoms with Crippen LogP contribution < -0.4 is 0 Å². The number of aliphatic carboxylic acids is 1. The molecule has 0 amide bonds. The van der Waals surface area contributed by atoms with Crippen LogP contribution in [0.15, 0.2) is 11.6 Å². The molecule has 0 aromatic rings. The molecule has 2 nitrogen and oxygen atoms in total. The molecule has 13 heavy (non-hydrogen) atoms. The van der Waals surface area contributed by atoms with E-state index >= 15 is 0 Å². The highest BCUT2D eigenvalue weighted by atomic mass is 16.4. The second-order valence-corrected chi connectivity index (χ2v) is 3.28. The minimum Gasteiger partial charge on any atom is -0.478 e. The number of carboxylic acid groups (broad SMARTS) is 1. The van der Waals surface area contributed by atoms with Gasteiger partial charge in [0.2, 0.25) is 0 Å². The highest BCUT2D eigenvalue weighted by molar-refractivity contribution is 5.86. The van der Waals surface area contributed by atoms with Gasteiger partial charge in [-0.3, -0.25) is 0 Å². The van der Waals surface area contributed by atoms with Crippen LogP contribution in [0.25, 0.3) is 0 Å². The minimum absolute atomic E-state index is 0.593. The van der Waals surface area contributed by atoms with Crippen LogP contribution in [0.4, 0.5) is 0 Å². The van der Waals surface area contributed by atoms with Gasteiger partial charge in [-0.25, -0.2) is 4.79 Å². The van der Waals surface area contributed by atoms with Crippen molar-refractivity contribution in [2.24, 2.45) is 0 Å². The summed E-state index contributed by atoms with van der Waals surface area (Å²) in [6.07, 6.45) is 7.74. The maximum atomic E-state index is 10.7. The van der Waals surface area contributed by atoms with Gasteiger partial charge in [0.15, 0.2) is 0 Å². The zero-order chi connectivity index (χ0) is 10.1. The number of carbonyl (C=O) groups is 1. The summed E-state index contributed by atoms with van der Waals surface area (Å²) in [6, 6.07) is 0. The second kappa shape index (κ2) is 7.84. The van der Waals surface area contributed by atoms with Crippen molar-refractivity contribution in [3.63, 3.8) is 0 Å². The molecule has 1 N–H and O–H groups in total. The van der Waals surface area contributed by atoms with Gasteiger partial charge in [0, 0.05) is 5.57 Å². The van der Waals surface area contributed by atoms with Crippen LogP contribution in [0, 0.1) is 0 Å². The standard InChI is InChI=1S/C11H20O2/c1-3-5-7-9-10(11(12)13)8-6-4-2/h9H,3-8H2,1-2H3,(H,12,13)/b10-9+. The fourth-order valence-electron chi connectivity index (χ4n) is 1.14. The summed E-state index contributed by atoms with van der Waals surface area (Å²) in [5, 5.41) is 8.83. The van der Waals surface area contributed by atoms with Crippen LogP contribution in [-0.2, 0) is 4.79 Å². The van der Waals surface area contributed by atoms with E-state index in [1.807, 2.05) is 6.08 Å². The lowest BCUT2D eigenvalue weighted by Crippen LogP contribution is -2.00. The molecule has 0 bridgehead atoms. The van der Waals surface area contributed by atoms with Gasteiger partial charge in [0.1, 0.15) is 0 Å². The molecular weight excluding hydrogens is 164 g/mol. The van der Waals surface area contributed by atoms with E-state index in [-0.39, 0.29) is 0 Å². The van der Waals surface area contributed by atoms with E-state index in [4.69, 9.17) is 5.11 Å². The van der Waals surface area contributed by atoms with Crippen molar-refractivity contribution in [1.82, 2.24) is 0 Å². The van der Waals surface area contributed by atoms with Gasteiger partial charge >= 0.3 is 5.97 Å². The molecule has 0 aliphatic rings. The third-order valence-corrected chi connectivity index (χ3v) is 2.02. The predicted molar refractivity (Wildman–Crippen MR) is 54.8 cm³/mol. The first-order valence-electron chi connectivity index (χ1n) is 5.14. The molecule has 0 aromatic heterocycles. The summed E-state index contributed by atoms with van der Waals surface area (Å²) >= 11 is 0. The molecule has 0 fully saturated rings. The van der Waals surface area contributed by atoms with Crippen molar-refractivity contribution in [3.05, 3.63) is 11.6 Å². The van der Waals surface area contributed by atoms with Crippen molar-refractivity contribution in [2.45, 2.75) is 52.4 Å². The van der Waals surface area contributed by atoms with Gasteiger partial charge in [-0.1, -0.05) is 39.2 Å². The van der Waals surface area contributed by atoms with Crippen LogP contribution >= 0.6 is 0 Å². The molecule has 2 heteroatoms. The molecule has 0 aromatic carbocycles. The van der Waals surface area contributed by atoms with Crippen LogP contribution in [0.1, 0.15) is 52.4 Å². The van der Waals surface area contributed by atoms with Gasteiger partial charge in [-0.15, -0.1) is 0 Å². The summed E-state index contributed by atoms with van der Waals surface area (Å²) in [5.41, 5.74) is 0.593. The van der Waals surface area contributed by atoms with Crippen LogP contribution in [0.2, 0.25) is 0 Å². The zero-order valence-corrected chi connectivity index (χ0v) is 8.68. The Kier molecular flexibility index (Phi) is 7.36. The first-order valence-corrected chi connectivity index (χ1v) is 5.14. The maximum Gasteiger partial charge on any atom is 0.331 e. The SMILES string of the molecule is CCCC/C=C(\CCCC)C(=O)O. The number of rotatable bonds is 7. The molecule has 76 valence electrons. The first-order chi connectivity index (χ1) is 6.22. The number of allylic oxidation sites excluding steroid dienone is 1. The monoisotopic (exact) mass is 184 g/mol. The summed E-state index contributed by atoms with van der Waals surface area (Å²) in [6.45, 7) is 4.19. The average molecular weight is 184 g/mol.